The summed E-state index contributed by atoms with van der Waals surface area (Å²) in [6, 6.07) is 36.9. The number of aromatic nitrogens is 3. The molecule has 2 aliphatic carbocycles. The van der Waals surface area contributed by atoms with Crippen LogP contribution in [0.1, 0.15) is 41.4 Å². The molecule has 0 fully saturated rings. The largest absolute Gasteiger partial charge is 0.311 e. The number of fused-ring (bicyclic) bond motifs is 3. The van der Waals surface area contributed by atoms with Crippen molar-refractivity contribution in [2.45, 2.75) is 38.0 Å². The Labute approximate surface area is 282 Å². The van der Waals surface area contributed by atoms with E-state index in [0.717, 1.165) is 52.2 Å². The Morgan fingerprint density at radius 2 is 1.34 bits per heavy atom. The van der Waals surface area contributed by atoms with Gasteiger partial charge in [-0.1, -0.05) is 48.6 Å². The topological polar surface area (TPSA) is 41.9 Å². The molecule has 4 nitrogen and oxygen atoms in total. The van der Waals surface area contributed by atoms with Gasteiger partial charge in [-0.2, -0.15) is 0 Å². The van der Waals surface area contributed by atoms with Gasteiger partial charge in [0, 0.05) is 46.0 Å². The maximum absolute atomic E-state index is 4.96. The zero-order valence-electron chi connectivity index (χ0n) is 25.8. The fourth-order valence-electron chi connectivity index (χ4n) is 6.75. The first-order chi connectivity index (χ1) is 23.2. The van der Waals surface area contributed by atoms with Gasteiger partial charge < -0.3 is 4.90 Å². The average molecular weight is 645 g/mol. The molecule has 0 amide bonds. The first-order valence-electron chi connectivity index (χ1n) is 16.3. The Balaban J connectivity index is 1.05. The number of aryl methyl sites for hydroxylation is 2. The van der Waals surface area contributed by atoms with E-state index in [1.807, 2.05) is 12.3 Å². The van der Waals surface area contributed by atoms with E-state index < -0.39 is 0 Å². The molecule has 228 valence electrons. The van der Waals surface area contributed by atoms with Gasteiger partial charge in [0.2, 0.25) is 0 Å². The van der Waals surface area contributed by atoms with Crippen LogP contribution in [0.15, 0.2) is 133 Å². The number of benzene rings is 4. The predicted molar refractivity (Wildman–Crippen MR) is 198 cm³/mol. The highest BCUT2D eigenvalue weighted by Crippen LogP contribution is 2.39. The molecular formula is C41H32N4S2. The Bertz CT molecular complexity index is 2230. The Kier molecular flexibility index (Phi) is 7.25. The van der Waals surface area contributed by atoms with Gasteiger partial charge in [-0.3, -0.25) is 4.98 Å². The summed E-state index contributed by atoms with van der Waals surface area (Å²) in [5.41, 5.74) is 11.8. The quantitative estimate of drug-likeness (QED) is 0.181. The average Bonchev–Trinajstić information content (AvgIpc) is 3.78. The van der Waals surface area contributed by atoms with E-state index in [-0.39, 0.29) is 5.92 Å². The van der Waals surface area contributed by atoms with Crippen LogP contribution in [0.5, 0.6) is 0 Å². The zero-order chi connectivity index (χ0) is 31.2. The molecule has 1 atom stereocenters. The van der Waals surface area contributed by atoms with Gasteiger partial charge >= 0.3 is 0 Å². The number of hydrogen-bond acceptors (Lipinski definition) is 6. The number of thiazole rings is 2. The lowest BCUT2D eigenvalue weighted by molar-refractivity contribution is 0.668. The molecule has 0 radical (unpaired) electrons. The lowest BCUT2D eigenvalue weighted by Crippen LogP contribution is -2.17. The summed E-state index contributed by atoms with van der Waals surface area (Å²) in [4.78, 5) is 17.0. The summed E-state index contributed by atoms with van der Waals surface area (Å²) in [7, 11) is 0. The van der Waals surface area contributed by atoms with Crippen molar-refractivity contribution in [1.82, 2.24) is 15.0 Å². The highest BCUT2D eigenvalue weighted by molar-refractivity contribution is 7.21. The van der Waals surface area contributed by atoms with Crippen LogP contribution >= 0.6 is 22.7 Å². The molecule has 2 aliphatic rings. The van der Waals surface area contributed by atoms with Gasteiger partial charge in [-0.05, 0) is 116 Å². The van der Waals surface area contributed by atoms with E-state index in [2.05, 4.69) is 120 Å². The monoisotopic (exact) mass is 644 g/mol. The van der Waals surface area contributed by atoms with Crippen LogP contribution in [-0.4, -0.2) is 15.0 Å². The van der Waals surface area contributed by atoms with E-state index >= 15 is 0 Å². The summed E-state index contributed by atoms with van der Waals surface area (Å²) < 4.78 is 2.46. The third-order valence-corrected chi connectivity index (χ3v) is 11.5. The molecule has 0 spiro atoms. The number of anilines is 2. The molecule has 3 heterocycles. The molecule has 7 aromatic rings. The summed E-state index contributed by atoms with van der Waals surface area (Å²) in [6.45, 7) is 0. The van der Waals surface area contributed by atoms with Crippen LogP contribution in [0.3, 0.4) is 0 Å². The number of allylic oxidation sites excluding steroid dienone is 3. The number of pyridine rings is 1. The molecule has 0 N–H and O–H groups in total. The molecule has 6 heteroatoms. The van der Waals surface area contributed by atoms with Gasteiger partial charge in [0.1, 0.15) is 10.0 Å². The van der Waals surface area contributed by atoms with Crippen LogP contribution in [0, 0.1) is 0 Å². The summed E-state index contributed by atoms with van der Waals surface area (Å²) in [6.07, 6.45) is 14.6. The van der Waals surface area contributed by atoms with Gasteiger partial charge in [0.15, 0.2) is 0 Å². The molecule has 0 aliphatic heterocycles. The fraction of sp³-hybridized carbons (Fsp3) is 0.146. The second kappa shape index (κ2) is 12.0. The smallest absolute Gasteiger partial charge is 0.124 e. The standard InChI is InChI=1S/C41H32N4S2/c1-2-8-35-30(7-1)25-31(26-42-35)27-13-19-32(20-14-27)45(33-21-15-28(16-22-33)40-43-36-9-3-5-11-38(36)46-40)34-23-17-29(18-24-34)41-44-37-10-4-6-12-39(37)47-41/h3-6,9-17,19-26,29H,1-2,7-8,18H2. The highest BCUT2D eigenvalue weighted by atomic mass is 32.1. The molecule has 0 saturated heterocycles. The van der Waals surface area contributed by atoms with Crippen LogP contribution in [-0.2, 0) is 12.8 Å². The number of para-hydroxylation sites is 2. The van der Waals surface area contributed by atoms with Gasteiger partial charge in [-0.25, -0.2) is 9.97 Å². The molecule has 0 bridgehead atoms. The van der Waals surface area contributed by atoms with Gasteiger partial charge in [0.05, 0.1) is 20.4 Å². The summed E-state index contributed by atoms with van der Waals surface area (Å²) in [5, 5.41) is 2.22. The van der Waals surface area contributed by atoms with Crippen molar-refractivity contribution >= 4 is 54.5 Å². The molecule has 4 aromatic carbocycles. The van der Waals surface area contributed by atoms with E-state index in [1.165, 1.54) is 55.3 Å². The van der Waals surface area contributed by atoms with Gasteiger partial charge in [-0.15, -0.1) is 22.7 Å². The second-order valence-corrected chi connectivity index (χ2v) is 14.4. The first-order valence-corrected chi connectivity index (χ1v) is 18.0. The minimum Gasteiger partial charge on any atom is -0.311 e. The molecule has 1 unspecified atom stereocenters. The lowest BCUT2D eigenvalue weighted by Gasteiger charge is -2.29. The van der Waals surface area contributed by atoms with Crippen molar-refractivity contribution in [3.05, 3.63) is 150 Å². The molecular weight excluding hydrogens is 613 g/mol. The van der Waals surface area contributed by atoms with Crippen LogP contribution in [0.2, 0.25) is 0 Å². The van der Waals surface area contributed by atoms with Crippen molar-refractivity contribution in [3.63, 3.8) is 0 Å². The summed E-state index contributed by atoms with van der Waals surface area (Å²) in [5.74, 6) is 0.276. The molecule has 9 rings (SSSR count). The minimum atomic E-state index is 0.276. The lowest BCUT2D eigenvalue weighted by atomic mass is 9.93. The first kappa shape index (κ1) is 28.3. The van der Waals surface area contributed by atoms with Crippen LogP contribution in [0.4, 0.5) is 11.4 Å². The normalized spacial score (nSPS) is 15.9. The maximum atomic E-state index is 4.96. The van der Waals surface area contributed by atoms with E-state index in [0.29, 0.717) is 0 Å². The van der Waals surface area contributed by atoms with Gasteiger partial charge in [0.25, 0.3) is 0 Å². The van der Waals surface area contributed by atoms with E-state index in [4.69, 9.17) is 15.0 Å². The van der Waals surface area contributed by atoms with Crippen molar-refractivity contribution in [1.29, 1.82) is 0 Å². The Morgan fingerprint density at radius 3 is 2.04 bits per heavy atom. The van der Waals surface area contributed by atoms with Crippen molar-refractivity contribution in [2.75, 3.05) is 4.90 Å². The third-order valence-electron chi connectivity index (χ3n) is 9.26. The minimum absolute atomic E-state index is 0.276. The SMILES string of the molecule is C1=CC(c2nc3ccccc3s2)CC=C1N(c1ccc(-c2cnc3c(c2)CCCC3)cc1)c1ccc(-c2nc3ccccc3s2)cc1. The Morgan fingerprint density at radius 1 is 0.660 bits per heavy atom. The number of hydrogen-bond donors (Lipinski definition) is 0. The van der Waals surface area contributed by atoms with Crippen molar-refractivity contribution < 1.29 is 0 Å². The van der Waals surface area contributed by atoms with Crippen molar-refractivity contribution in [3.8, 4) is 21.7 Å². The van der Waals surface area contributed by atoms with E-state index in [9.17, 15) is 0 Å². The number of nitrogens with zero attached hydrogens (tertiary/aromatic N) is 4. The molecule has 47 heavy (non-hydrogen) atoms. The third kappa shape index (κ3) is 5.47. The van der Waals surface area contributed by atoms with Crippen molar-refractivity contribution in [2.24, 2.45) is 0 Å². The Hall–Kier alpha value is -4.91. The van der Waals surface area contributed by atoms with Crippen LogP contribution < -0.4 is 4.90 Å². The predicted octanol–water partition coefficient (Wildman–Crippen LogP) is 11.3. The maximum Gasteiger partial charge on any atom is 0.124 e. The molecule has 3 aromatic heterocycles. The zero-order valence-corrected chi connectivity index (χ0v) is 27.5. The second-order valence-electron chi connectivity index (χ2n) is 12.3. The fourth-order valence-corrected chi connectivity index (χ4v) is 8.78. The molecule has 0 saturated carbocycles. The summed E-state index contributed by atoms with van der Waals surface area (Å²) >= 11 is 3.54. The highest BCUT2D eigenvalue weighted by Gasteiger charge is 2.21. The van der Waals surface area contributed by atoms with Crippen LogP contribution in [0.25, 0.3) is 42.1 Å². The number of rotatable bonds is 6. The van der Waals surface area contributed by atoms with E-state index in [1.54, 1.807) is 22.7 Å².